The lowest BCUT2D eigenvalue weighted by Crippen LogP contribution is -2.01. The van der Waals surface area contributed by atoms with Gasteiger partial charge in [0.25, 0.3) is 0 Å². The van der Waals surface area contributed by atoms with E-state index in [1.807, 2.05) is 18.2 Å². The van der Waals surface area contributed by atoms with Crippen molar-refractivity contribution in [1.29, 1.82) is 0 Å². The molecular weight excluding hydrogens is 202 g/mol. The summed E-state index contributed by atoms with van der Waals surface area (Å²) in [6.45, 7) is 0. The molecule has 2 heterocycles. The number of ketones is 1. The normalized spacial score (nSPS) is 10.3. The van der Waals surface area contributed by atoms with Crippen molar-refractivity contribution in [3.8, 4) is 0 Å². The Morgan fingerprint density at radius 2 is 2.31 bits per heavy atom. The molecule has 0 saturated carbocycles. The Labute approximate surface area is 93.9 Å². The maximum absolute atomic E-state index is 11.8. The average Bonchev–Trinajstić information content (AvgIpc) is 2.74. The van der Waals surface area contributed by atoms with E-state index in [1.54, 1.807) is 30.3 Å². The van der Waals surface area contributed by atoms with Crippen LogP contribution >= 0.6 is 0 Å². The fourth-order valence-corrected chi connectivity index (χ4v) is 1.50. The van der Waals surface area contributed by atoms with Gasteiger partial charge in [-0.1, -0.05) is 6.07 Å². The summed E-state index contributed by atoms with van der Waals surface area (Å²) in [6, 6.07) is 5.72. The van der Waals surface area contributed by atoms with E-state index in [4.69, 9.17) is 0 Å². The molecule has 0 bridgehead atoms. The highest BCUT2D eigenvalue weighted by Gasteiger charge is 2.08. The standard InChI is InChI=1S/C12H13N3O/c1-15-9-10(8-14-15)12(16)6-5-11-4-2-3-7-13-11/h2-4,7-9H,5-6H2,1H3. The first kappa shape index (κ1) is 10.5. The van der Waals surface area contributed by atoms with Crippen molar-refractivity contribution in [2.45, 2.75) is 12.8 Å². The molecule has 0 atom stereocenters. The number of hydrogen-bond acceptors (Lipinski definition) is 3. The number of pyridine rings is 1. The maximum atomic E-state index is 11.8. The van der Waals surface area contributed by atoms with Crippen molar-refractivity contribution in [2.24, 2.45) is 7.05 Å². The fraction of sp³-hybridized carbons (Fsp3) is 0.250. The van der Waals surface area contributed by atoms with Gasteiger partial charge in [0.05, 0.1) is 11.8 Å². The van der Waals surface area contributed by atoms with Crippen molar-refractivity contribution in [3.05, 3.63) is 48.0 Å². The molecule has 0 unspecified atom stereocenters. The van der Waals surface area contributed by atoms with E-state index in [9.17, 15) is 4.79 Å². The van der Waals surface area contributed by atoms with E-state index in [-0.39, 0.29) is 5.78 Å². The van der Waals surface area contributed by atoms with Crippen LogP contribution in [0.5, 0.6) is 0 Å². The predicted octanol–water partition coefficient (Wildman–Crippen LogP) is 1.63. The summed E-state index contributed by atoms with van der Waals surface area (Å²) in [4.78, 5) is 15.9. The van der Waals surface area contributed by atoms with Gasteiger partial charge in [0.15, 0.2) is 5.78 Å². The van der Waals surface area contributed by atoms with Gasteiger partial charge in [0.1, 0.15) is 0 Å². The molecule has 0 saturated heterocycles. The predicted molar refractivity (Wildman–Crippen MR) is 60.1 cm³/mol. The van der Waals surface area contributed by atoms with Crippen LogP contribution in [0.15, 0.2) is 36.8 Å². The second kappa shape index (κ2) is 4.70. The Bertz CT molecular complexity index is 476. The summed E-state index contributed by atoms with van der Waals surface area (Å²) in [5.74, 6) is 0.110. The topological polar surface area (TPSA) is 47.8 Å². The molecule has 0 aliphatic rings. The molecule has 0 aliphatic heterocycles. The lowest BCUT2D eigenvalue weighted by Gasteiger charge is -1.98. The van der Waals surface area contributed by atoms with Crippen LogP contribution in [0.25, 0.3) is 0 Å². The zero-order valence-electron chi connectivity index (χ0n) is 9.13. The zero-order valence-corrected chi connectivity index (χ0v) is 9.13. The number of aryl methyl sites for hydroxylation is 2. The lowest BCUT2D eigenvalue weighted by molar-refractivity contribution is 0.0982. The molecule has 4 nitrogen and oxygen atoms in total. The maximum Gasteiger partial charge on any atom is 0.166 e. The van der Waals surface area contributed by atoms with Crippen LogP contribution in [0.1, 0.15) is 22.5 Å². The van der Waals surface area contributed by atoms with E-state index >= 15 is 0 Å². The van der Waals surface area contributed by atoms with Crippen LogP contribution in [-0.2, 0) is 13.5 Å². The first-order valence-corrected chi connectivity index (χ1v) is 5.17. The molecule has 0 aromatic carbocycles. The lowest BCUT2D eigenvalue weighted by atomic mass is 10.1. The van der Waals surface area contributed by atoms with Gasteiger partial charge in [-0.15, -0.1) is 0 Å². The minimum absolute atomic E-state index is 0.110. The molecule has 0 fully saturated rings. The molecule has 4 heteroatoms. The van der Waals surface area contributed by atoms with Gasteiger partial charge in [-0.25, -0.2) is 0 Å². The van der Waals surface area contributed by atoms with E-state index in [1.165, 1.54) is 0 Å². The largest absolute Gasteiger partial charge is 0.294 e. The van der Waals surface area contributed by atoms with Crippen LogP contribution < -0.4 is 0 Å². The Hall–Kier alpha value is -1.97. The highest BCUT2D eigenvalue weighted by atomic mass is 16.1. The van der Waals surface area contributed by atoms with Crippen LogP contribution in [0.4, 0.5) is 0 Å². The molecule has 16 heavy (non-hydrogen) atoms. The van der Waals surface area contributed by atoms with Gasteiger partial charge in [-0.05, 0) is 18.6 Å². The molecule has 0 N–H and O–H groups in total. The quantitative estimate of drug-likeness (QED) is 0.728. The first-order chi connectivity index (χ1) is 7.75. The number of hydrogen-bond donors (Lipinski definition) is 0. The van der Waals surface area contributed by atoms with Crippen LogP contribution in [-0.4, -0.2) is 20.5 Å². The van der Waals surface area contributed by atoms with E-state index < -0.39 is 0 Å². The van der Waals surface area contributed by atoms with Gasteiger partial charge in [0, 0.05) is 31.6 Å². The molecule has 2 rings (SSSR count). The second-order valence-corrected chi connectivity index (χ2v) is 3.65. The minimum atomic E-state index is 0.110. The third-order valence-corrected chi connectivity index (χ3v) is 2.36. The van der Waals surface area contributed by atoms with E-state index in [0.29, 0.717) is 18.4 Å². The Kier molecular flexibility index (Phi) is 3.10. The first-order valence-electron chi connectivity index (χ1n) is 5.17. The van der Waals surface area contributed by atoms with Gasteiger partial charge in [-0.3, -0.25) is 14.5 Å². The second-order valence-electron chi connectivity index (χ2n) is 3.65. The number of carbonyl (C=O) groups is 1. The molecule has 0 aliphatic carbocycles. The molecule has 2 aromatic heterocycles. The summed E-state index contributed by atoms with van der Waals surface area (Å²) in [5.41, 5.74) is 1.61. The fourth-order valence-electron chi connectivity index (χ4n) is 1.50. The summed E-state index contributed by atoms with van der Waals surface area (Å²) in [7, 11) is 1.80. The number of aromatic nitrogens is 3. The summed E-state index contributed by atoms with van der Waals surface area (Å²) >= 11 is 0. The number of rotatable bonds is 4. The minimum Gasteiger partial charge on any atom is -0.294 e. The Morgan fingerprint density at radius 3 is 2.94 bits per heavy atom. The third kappa shape index (κ3) is 2.53. The number of carbonyl (C=O) groups excluding carboxylic acids is 1. The number of nitrogens with zero attached hydrogens (tertiary/aromatic N) is 3. The third-order valence-electron chi connectivity index (χ3n) is 2.36. The Morgan fingerprint density at radius 1 is 1.44 bits per heavy atom. The van der Waals surface area contributed by atoms with Crippen molar-refractivity contribution < 1.29 is 4.79 Å². The van der Waals surface area contributed by atoms with Gasteiger partial charge in [-0.2, -0.15) is 5.10 Å². The van der Waals surface area contributed by atoms with Gasteiger partial charge < -0.3 is 0 Å². The molecular formula is C12H13N3O. The number of Topliss-reactive ketones (excluding diaryl/α,β-unsaturated/α-hetero) is 1. The molecule has 82 valence electrons. The zero-order chi connectivity index (χ0) is 11.4. The highest BCUT2D eigenvalue weighted by molar-refractivity contribution is 5.95. The SMILES string of the molecule is Cn1cc(C(=O)CCc2ccccn2)cn1. The smallest absolute Gasteiger partial charge is 0.166 e. The van der Waals surface area contributed by atoms with Crippen LogP contribution in [0.3, 0.4) is 0 Å². The molecule has 0 radical (unpaired) electrons. The summed E-state index contributed by atoms with van der Waals surface area (Å²) in [5, 5.41) is 3.97. The van der Waals surface area contributed by atoms with Crippen LogP contribution in [0, 0.1) is 0 Å². The van der Waals surface area contributed by atoms with Crippen LogP contribution in [0.2, 0.25) is 0 Å². The average molecular weight is 215 g/mol. The molecule has 0 amide bonds. The Balaban J connectivity index is 1.94. The van der Waals surface area contributed by atoms with E-state index in [2.05, 4.69) is 10.1 Å². The van der Waals surface area contributed by atoms with Crippen molar-refractivity contribution in [3.63, 3.8) is 0 Å². The molecule has 2 aromatic rings. The summed E-state index contributed by atoms with van der Waals surface area (Å²) < 4.78 is 1.63. The van der Waals surface area contributed by atoms with Crippen molar-refractivity contribution in [1.82, 2.24) is 14.8 Å². The van der Waals surface area contributed by atoms with Gasteiger partial charge >= 0.3 is 0 Å². The summed E-state index contributed by atoms with van der Waals surface area (Å²) in [6.07, 6.45) is 6.22. The van der Waals surface area contributed by atoms with E-state index in [0.717, 1.165) is 5.69 Å². The monoisotopic (exact) mass is 215 g/mol. The van der Waals surface area contributed by atoms with Crippen molar-refractivity contribution in [2.75, 3.05) is 0 Å². The van der Waals surface area contributed by atoms with Crippen molar-refractivity contribution >= 4 is 5.78 Å². The highest BCUT2D eigenvalue weighted by Crippen LogP contribution is 2.05. The van der Waals surface area contributed by atoms with Gasteiger partial charge in [0.2, 0.25) is 0 Å². The molecule has 0 spiro atoms.